The largest absolute Gasteiger partial charge is 0.357 e. The Morgan fingerprint density at radius 2 is 2.17 bits per heavy atom. The first-order chi connectivity index (χ1) is 11.2. The van der Waals surface area contributed by atoms with Crippen molar-refractivity contribution in [3.8, 4) is 0 Å². The molecule has 0 aromatic carbocycles. The molecule has 0 atom stereocenters. The molecular formula is C17H31N5S. The van der Waals surface area contributed by atoms with Crippen molar-refractivity contribution in [1.82, 2.24) is 20.5 Å². The Hall–Kier alpha value is -1.14. The maximum Gasteiger partial charge on any atom is 0.191 e. The molecule has 0 bridgehead atoms. The molecule has 0 aliphatic heterocycles. The minimum atomic E-state index is 0.772. The van der Waals surface area contributed by atoms with E-state index in [1.165, 1.54) is 35.6 Å². The Balaban J connectivity index is 1.70. The van der Waals surface area contributed by atoms with Crippen LogP contribution in [0.1, 0.15) is 42.5 Å². The fraction of sp³-hybridized carbons (Fsp3) is 0.765. The van der Waals surface area contributed by atoms with E-state index in [4.69, 9.17) is 4.99 Å². The van der Waals surface area contributed by atoms with Crippen LogP contribution in [0, 0.1) is 6.92 Å². The first-order valence-corrected chi connectivity index (χ1v) is 9.64. The molecule has 0 radical (unpaired) electrons. The molecule has 1 saturated carbocycles. The number of likely N-dealkylation sites (N-methyl/N-ethyl adjacent to an activating group) is 1. The van der Waals surface area contributed by atoms with Gasteiger partial charge in [0, 0.05) is 43.2 Å². The van der Waals surface area contributed by atoms with Gasteiger partial charge in [-0.2, -0.15) is 0 Å². The summed E-state index contributed by atoms with van der Waals surface area (Å²) < 4.78 is 0. The van der Waals surface area contributed by atoms with Gasteiger partial charge in [0.15, 0.2) is 5.96 Å². The summed E-state index contributed by atoms with van der Waals surface area (Å²) in [7, 11) is 2.23. The van der Waals surface area contributed by atoms with Crippen LogP contribution in [0.2, 0.25) is 0 Å². The summed E-state index contributed by atoms with van der Waals surface area (Å²) in [6.45, 7) is 7.84. The SMILES string of the molecule is CCNC(=NCCN(C)C1CCCC1)NCCc1ncc(C)s1. The van der Waals surface area contributed by atoms with Crippen LogP contribution in [0.4, 0.5) is 0 Å². The molecule has 0 amide bonds. The molecule has 1 fully saturated rings. The van der Waals surface area contributed by atoms with Crippen LogP contribution in [0.15, 0.2) is 11.2 Å². The third-order valence-corrected chi connectivity index (χ3v) is 5.29. The number of guanidine groups is 1. The van der Waals surface area contributed by atoms with E-state index in [0.29, 0.717) is 0 Å². The van der Waals surface area contributed by atoms with Crippen LogP contribution in [0.25, 0.3) is 0 Å². The fourth-order valence-electron chi connectivity index (χ4n) is 2.99. The molecule has 1 aromatic heterocycles. The van der Waals surface area contributed by atoms with Gasteiger partial charge < -0.3 is 15.5 Å². The predicted molar refractivity (Wildman–Crippen MR) is 99.4 cm³/mol. The molecule has 1 heterocycles. The Kier molecular flexibility index (Phi) is 7.82. The minimum Gasteiger partial charge on any atom is -0.357 e. The van der Waals surface area contributed by atoms with Gasteiger partial charge in [-0.1, -0.05) is 12.8 Å². The van der Waals surface area contributed by atoms with Crippen LogP contribution in [-0.4, -0.2) is 55.1 Å². The molecule has 0 unspecified atom stereocenters. The van der Waals surface area contributed by atoms with Crippen LogP contribution < -0.4 is 10.6 Å². The average Bonchev–Trinajstić information content (AvgIpc) is 3.19. The fourth-order valence-corrected chi connectivity index (χ4v) is 3.78. The summed E-state index contributed by atoms with van der Waals surface area (Å²) in [5, 5.41) is 7.92. The predicted octanol–water partition coefficient (Wildman–Crippen LogP) is 2.42. The highest BCUT2D eigenvalue weighted by Crippen LogP contribution is 2.21. The van der Waals surface area contributed by atoms with E-state index in [-0.39, 0.29) is 0 Å². The smallest absolute Gasteiger partial charge is 0.191 e. The number of aryl methyl sites for hydroxylation is 1. The van der Waals surface area contributed by atoms with E-state index < -0.39 is 0 Å². The lowest BCUT2D eigenvalue weighted by Gasteiger charge is -2.23. The van der Waals surface area contributed by atoms with Crippen LogP contribution in [0.3, 0.4) is 0 Å². The van der Waals surface area contributed by atoms with Crippen LogP contribution in [0.5, 0.6) is 0 Å². The number of hydrogen-bond donors (Lipinski definition) is 2. The highest BCUT2D eigenvalue weighted by Gasteiger charge is 2.18. The quantitative estimate of drug-likeness (QED) is 0.565. The molecule has 1 aliphatic rings. The van der Waals surface area contributed by atoms with Crippen molar-refractivity contribution < 1.29 is 0 Å². The number of hydrogen-bond acceptors (Lipinski definition) is 4. The first-order valence-electron chi connectivity index (χ1n) is 8.82. The maximum absolute atomic E-state index is 4.70. The standard InChI is InChI=1S/C17H31N5S/c1-4-18-17(19-10-9-16-21-13-14(2)23-16)20-11-12-22(3)15-7-5-6-8-15/h13,15H,4-12H2,1-3H3,(H2,18,19,20). The minimum absolute atomic E-state index is 0.772. The second-order valence-corrected chi connectivity index (χ2v) is 7.54. The van der Waals surface area contributed by atoms with Gasteiger partial charge in [-0.15, -0.1) is 11.3 Å². The van der Waals surface area contributed by atoms with Crippen molar-refractivity contribution in [1.29, 1.82) is 0 Å². The van der Waals surface area contributed by atoms with Gasteiger partial charge in [0.25, 0.3) is 0 Å². The second-order valence-electron chi connectivity index (χ2n) is 6.22. The molecule has 6 heteroatoms. The Labute approximate surface area is 144 Å². The monoisotopic (exact) mass is 337 g/mol. The zero-order valence-corrected chi connectivity index (χ0v) is 15.6. The number of rotatable bonds is 8. The normalized spacial score (nSPS) is 16.3. The van der Waals surface area contributed by atoms with Crippen molar-refractivity contribution in [2.24, 2.45) is 4.99 Å². The highest BCUT2D eigenvalue weighted by atomic mass is 32.1. The number of aromatic nitrogens is 1. The lowest BCUT2D eigenvalue weighted by molar-refractivity contribution is 0.252. The third kappa shape index (κ3) is 6.47. The Bertz CT molecular complexity index is 479. The summed E-state index contributed by atoms with van der Waals surface area (Å²) in [5.74, 6) is 0.917. The molecule has 0 spiro atoms. The van der Waals surface area contributed by atoms with Crippen molar-refractivity contribution in [3.05, 3.63) is 16.1 Å². The van der Waals surface area contributed by atoms with Gasteiger partial charge in [0.05, 0.1) is 11.6 Å². The van der Waals surface area contributed by atoms with E-state index in [1.54, 1.807) is 11.3 Å². The molecule has 1 aliphatic carbocycles. The zero-order valence-electron chi connectivity index (χ0n) is 14.8. The maximum atomic E-state index is 4.70. The molecule has 1 aromatic rings. The van der Waals surface area contributed by atoms with Crippen molar-refractivity contribution >= 4 is 17.3 Å². The highest BCUT2D eigenvalue weighted by molar-refractivity contribution is 7.11. The summed E-state index contributed by atoms with van der Waals surface area (Å²) in [6.07, 6.45) is 8.37. The van der Waals surface area contributed by atoms with Gasteiger partial charge in [-0.3, -0.25) is 4.99 Å². The molecule has 23 heavy (non-hydrogen) atoms. The summed E-state index contributed by atoms with van der Waals surface area (Å²) >= 11 is 1.77. The number of nitrogens with one attached hydrogen (secondary N) is 2. The van der Waals surface area contributed by atoms with E-state index in [1.807, 2.05) is 6.20 Å². The van der Waals surface area contributed by atoms with Gasteiger partial charge >= 0.3 is 0 Å². The summed E-state index contributed by atoms with van der Waals surface area (Å²) in [6, 6.07) is 0.772. The lowest BCUT2D eigenvalue weighted by atomic mass is 10.2. The topological polar surface area (TPSA) is 52.6 Å². The van der Waals surface area contributed by atoms with E-state index in [9.17, 15) is 0 Å². The van der Waals surface area contributed by atoms with Gasteiger partial charge in [-0.25, -0.2) is 4.98 Å². The number of aliphatic imine (C=N–C) groups is 1. The van der Waals surface area contributed by atoms with Gasteiger partial charge in [-0.05, 0) is 33.7 Å². The van der Waals surface area contributed by atoms with Crippen molar-refractivity contribution in [2.75, 3.05) is 33.2 Å². The second kappa shape index (κ2) is 9.88. The van der Waals surface area contributed by atoms with Gasteiger partial charge in [0.2, 0.25) is 0 Å². The van der Waals surface area contributed by atoms with Crippen LogP contribution >= 0.6 is 11.3 Å². The lowest BCUT2D eigenvalue weighted by Crippen LogP contribution is -2.39. The molecule has 0 saturated heterocycles. The summed E-state index contributed by atoms with van der Waals surface area (Å²) in [5.41, 5.74) is 0. The number of nitrogens with zero attached hydrogens (tertiary/aromatic N) is 3. The molecule has 130 valence electrons. The van der Waals surface area contributed by atoms with Crippen LogP contribution in [-0.2, 0) is 6.42 Å². The Morgan fingerprint density at radius 3 is 2.83 bits per heavy atom. The zero-order chi connectivity index (χ0) is 16.5. The Morgan fingerprint density at radius 1 is 1.39 bits per heavy atom. The molecule has 5 nitrogen and oxygen atoms in total. The summed E-state index contributed by atoms with van der Waals surface area (Å²) in [4.78, 5) is 12.8. The van der Waals surface area contributed by atoms with Crippen molar-refractivity contribution in [2.45, 2.75) is 52.0 Å². The molecule has 2 rings (SSSR count). The first kappa shape index (κ1) is 18.2. The average molecular weight is 338 g/mol. The number of thiazole rings is 1. The molecular weight excluding hydrogens is 306 g/mol. The van der Waals surface area contributed by atoms with E-state index in [0.717, 1.165) is 44.6 Å². The van der Waals surface area contributed by atoms with E-state index in [2.05, 4.69) is 41.4 Å². The van der Waals surface area contributed by atoms with Gasteiger partial charge in [0.1, 0.15) is 0 Å². The van der Waals surface area contributed by atoms with E-state index >= 15 is 0 Å². The third-order valence-electron chi connectivity index (χ3n) is 4.32. The molecule has 2 N–H and O–H groups in total. The van der Waals surface area contributed by atoms with Crippen molar-refractivity contribution in [3.63, 3.8) is 0 Å².